The van der Waals surface area contributed by atoms with Gasteiger partial charge in [0.25, 0.3) is 5.22 Å². The Morgan fingerprint density at radius 1 is 1.12 bits per heavy atom. The van der Waals surface area contributed by atoms with Gasteiger partial charge in [0, 0.05) is 18.8 Å². The van der Waals surface area contributed by atoms with E-state index in [9.17, 15) is 9.90 Å². The van der Waals surface area contributed by atoms with Crippen LogP contribution in [0, 0.1) is 0 Å². The Bertz CT molecular complexity index is 924. The van der Waals surface area contributed by atoms with Gasteiger partial charge in [0.1, 0.15) is 10.4 Å². The zero-order valence-electron chi connectivity index (χ0n) is 14.1. The van der Waals surface area contributed by atoms with Gasteiger partial charge in [-0.15, -0.1) is 0 Å². The van der Waals surface area contributed by atoms with Crippen molar-refractivity contribution in [3.8, 4) is 0 Å². The number of anilines is 1. The zero-order valence-corrected chi connectivity index (χ0v) is 14.9. The van der Waals surface area contributed by atoms with Gasteiger partial charge in [0.15, 0.2) is 5.58 Å². The lowest BCUT2D eigenvalue weighted by molar-refractivity contribution is -0.131. The number of hydrogen-bond acceptors (Lipinski definition) is 5. The zero-order chi connectivity index (χ0) is 17.9. The molecule has 0 aliphatic carbocycles. The summed E-state index contributed by atoms with van der Waals surface area (Å²) in [6, 6.07) is 15.4. The molecule has 0 bridgehead atoms. The van der Waals surface area contributed by atoms with Crippen LogP contribution < -0.4 is 4.90 Å². The summed E-state index contributed by atoms with van der Waals surface area (Å²) in [7, 11) is 0. The number of rotatable bonds is 5. The molecule has 1 saturated heterocycles. The van der Waals surface area contributed by atoms with Crippen LogP contribution in [-0.4, -0.2) is 29.1 Å². The van der Waals surface area contributed by atoms with Crippen LogP contribution in [0.3, 0.4) is 0 Å². The minimum Gasteiger partial charge on any atom is -0.477 e. The normalized spacial score (nSPS) is 14.9. The summed E-state index contributed by atoms with van der Waals surface area (Å²) in [6.45, 7) is 2.17. The molecule has 0 unspecified atom stereocenters. The van der Waals surface area contributed by atoms with E-state index in [0.29, 0.717) is 10.8 Å². The van der Waals surface area contributed by atoms with E-state index in [1.807, 2.05) is 48.5 Å². The van der Waals surface area contributed by atoms with Crippen molar-refractivity contribution in [1.29, 1.82) is 0 Å². The van der Waals surface area contributed by atoms with Crippen molar-refractivity contribution in [2.24, 2.45) is 0 Å². The number of benzene rings is 2. The first-order valence-electron chi connectivity index (χ1n) is 8.52. The number of carboxylic acid groups (broad SMARTS) is 1. The number of hydrogen-bond donors (Lipinski definition) is 1. The summed E-state index contributed by atoms with van der Waals surface area (Å²) < 4.78 is 5.61. The largest absolute Gasteiger partial charge is 0.477 e. The average Bonchev–Trinajstić information content (AvgIpc) is 3.31. The highest BCUT2D eigenvalue weighted by Crippen LogP contribution is 2.31. The first kappa shape index (κ1) is 16.7. The number of carbonyl (C=O) groups is 1. The van der Waals surface area contributed by atoms with Crippen LogP contribution in [0.4, 0.5) is 5.69 Å². The third-order valence-electron chi connectivity index (χ3n) is 4.34. The molecule has 26 heavy (non-hydrogen) atoms. The van der Waals surface area contributed by atoms with Gasteiger partial charge in [-0.2, -0.15) is 0 Å². The molecular weight excluding hydrogens is 348 g/mol. The monoisotopic (exact) mass is 366 g/mol. The van der Waals surface area contributed by atoms with Gasteiger partial charge in [0.05, 0.1) is 0 Å². The Labute approximate surface area is 155 Å². The maximum atomic E-state index is 11.6. The lowest BCUT2D eigenvalue weighted by Crippen LogP contribution is -2.17. The number of fused-ring (bicyclic) bond motifs is 1. The number of carboxylic acids is 1. The Kier molecular flexibility index (Phi) is 4.67. The molecule has 2 aromatic carbocycles. The third-order valence-corrected chi connectivity index (χ3v) is 5.21. The smallest absolute Gasteiger partial charge is 0.342 e. The molecule has 1 aromatic heterocycles. The van der Waals surface area contributed by atoms with E-state index in [2.05, 4.69) is 9.88 Å². The molecule has 0 spiro atoms. The molecule has 5 nitrogen and oxygen atoms in total. The Morgan fingerprint density at radius 2 is 1.85 bits per heavy atom. The fourth-order valence-corrected chi connectivity index (χ4v) is 3.78. The Morgan fingerprint density at radius 3 is 2.54 bits per heavy atom. The van der Waals surface area contributed by atoms with Crippen molar-refractivity contribution in [1.82, 2.24) is 4.98 Å². The lowest BCUT2D eigenvalue weighted by atomic mass is 10.2. The standard InChI is InChI=1S/C20H18N2O3S/c23-19(24)18(26-20-21-16-5-1-2-6-17(16)25-20)13-14-7-9-15(10-8-14)22-11-3-4-12-22/h1-2,5-10,13H,3-4,11-12H2,(H,23,24)/b18-13+. The van der Waals surface area contributed by atoms with Crippen molar-refractivity contribution in [3.05, 3.63) is 59.0 Å². The summed E-state index contributed by atoms with van der Waals surface area (Å²) in [5.41, 5.74) is 3.39. The summed E-state index contributed by atoms with van der Waals surface area (Å²) >= 11 is 1.02. The van der Waals surface area contributed by atoms with Crippen molar-refractivity contribution in [2.75, 3.05) is 18.0 Å². The van der Waals surface area contributed by atoms with E-state index in [4.69, 9.17) is 4.42 Å². The number of nitrogens with zero attached hydrogens (tertiary/aromatic N) is 2. The molecule has 0 atom stereocenters. The van der Waals surface area contributed by atoms with Gasteiger partial charge in [-0.05, 0) is 60.5 Å². The van der Waals surface area contributed by atoms with E-state index in [1.54, 1.807) is 6.08 Å². The van der Waals surface area contributed by atoms with Gasteiger partial charge in [-0.25, -0.2) is 9.78 Å². The molecule has 132 valence electrons. The van der Waals surface area contributed by atoms with E-state index in [0.717, 1.165) is 35.9 Å². The minimum absolute atomic E-state index is 0.172. The van der Waals surface area contributed by atoms with E-state index < -0.39 is 5.97 Å². The second kappa shape index (κ2) is 7.25. The van der Waals surface area contributed by atoms with E-state index in [1.165, 1.54) is 18.5 Å². The number of aliphatic carboxylic acids is 1. The second-order valence-corrected chi connectivity index (χ2v) is 7.14. The van der Waals surface area contributed by atoms with E-state index in [-0.39, 0.29) is 4.91 Å². The molecule has 3 aromatic rings. The average molecular weight is 366 g/mol. The molecule has 4 rings (SSSR count). The molecule has 2 heterocycles. The van der Waals surface area contributed by atoms with Gasteiger partial charge in [-0.3, -0.25) is 0 Å². The maximum Gasteiger partial charge on any atom is 0.342 e. The minimum atomic E-state index is -0.999. The number of thioether (sulfide) groups is 1. The first-order valence-corrected chi connectivity index (χ1v) is 9.34. The van der Waals surface area contributed by atoms with E-state index >= 15 is 0 Å². The van der Waals surface area contributed by atoms with Gasteiger partial charge in [0.2, 0.25) is 0 Å². The summed E-state index contributed by atoms with van der Waals surface area (Å²) in [5, 5.41) is 9.86. The van der Waals surface area contributed by atoms with Crippen LogP contribution in [-0.2, 0) is 4.79 Å². The molecule has 1 fully saturated rings. The summed E-state index contributed by atoms with van der Waals surface area (Å²) in [5.74, 6) is -0.999. The lowest BCUT2D eigenvalue weighted by Gasteiger charge is -2.17. The SMILES string of the molecule is O=C(O)/C(=C\c1ccc(N2CCCC2)cc1)Sc1nc2ccccc2o1. The molecule has 0 radical (unpaired) electrons. The molecule has 0 saturated carbocycles. The molecule has 0 amide bonds. The highest BCUT2D eigenvalue weighted by molar-refractivity contribution is 8.03. The molecule has 6 heteroatoms. The van der Waals surface area contributed by atoms with Crippen molar-refractivity contribution in [2.45, 2.75) is 18.1 Å². The van der Waals surface area contributed by atoms with Crippen LogP contribution >= 0.6 is 11.8 Å². The molecule has 1 N–H and O–H groups in total. The van der Waals surface area contributed by atoms with Crippen molar-refractivity contribution < 1.29 is 14.3 Å². The highest BCUT2D eigenvalue weighted by atomic mass is 32.2. The molecule has 1 aliphatic rings. The second-order valence-electron chi connectivity index (χ2n) is 6.15. The topological polar surface area (TPSA) is 66.6 Å². The van der Waals surface area contributed by atoms with Crippen LogP contribution in [0.2, 0.25) is 0 Å². The van der Waals surface area contributed by atoms with Crippen LogP contribution in [0.1, 0.15) is 18.4 Å². The number of oxazole rings is 1. The van der Waals surface area contributed by atoms with Gasteiger partial charge >= 0.3 is 5.97 Å². The van der Waals surface area contributed by atoms with Gasteiger partial charge in [-0.1, -0.05) is 24.3 Å². The van der Waals surface area contributed by atoms with Crippen LogP contribution in [0.25, 0.3) is 17.2 Å². The number of aromatic nitrogens is 1. The van der Waals surface area contributed by atoms with Gasteiger partial charge < -0.3 is 14.4 Å². The molecular formula is C20H18N2O3S. The molecule has 1 aliphatic heterocycles. The Balaban J connectivity index is 1.56. The van der Waals surface area contributed by atoms with Crippen molar-refractivity contribution >= 4 is 40.6 Å². The maximum absolute atomic E-state index is 11.6. The van der Waals surface area contributed by atoms with Crippen molar-refractivity contribution in [3.63, 3.8) is 0 Å². The quantitative estimate of drug-likeness (QED) is 0.524. The fraction of sp³-hybridized carbons (Fsp3) is 0.200. The highest BCUT2D eigenvalue weighted by Gasteiger charge is 2.15. The summed E-state index contributed by atoms with van der Waals surface area (Å²) in [4.78, 5) is 18.5. The van der Waals surface area contributed by atoms with Crippen LogP contribution in [0.15, 0.2) is 63.1 Å². The summed E-state index contributed by atoms with van der Waals surface area (Å²) in [6.07, 6.45) is 4.10. The number of para-hydroxylation sites is 2. The predicted molar refractivity (Wildman–Crippen MR) is 103 cm³/mol. The fourth-order valence-electron chi connectivity index (χ4n) is 3.03. The van der Waals surface area contributed by atoms with Crippen LogP contribution in [0.5, 0.6) is 0 Å². The Hall–Kier alpha value is -2.73. The first-order chi connectivity index (χ1) is 12.7. The predicted octanol–water partition coefficient (Wildman–Crippen LogP) is 4.65. The third kappa shape index (κ3) is 3.60.